The lowest BCUT2D eigenvalue weighted by Gasteiger charge is -2.09. The number of carbonyl (C=O) groups excluding carboxylic acids is 1. The van der Waals surface area contributed by atoms with Crippen LogP contribution in [-0.4, -0.2) is 30.1 Å². The minimum absolute atomic E-state index is 0.0394. The summed E-state index contributed by atoms with van der Waals surface area (Å²) in [5, 5.41) is 8.22. The molecule has 0 aliphatic carbocycles. The average molecular weight is 160 g/mol. The first-order chi connectivity index (χ1) is 5.11. The molecule has 0 aliphatic rings. The van der Waals surface area contributed by atoms with Crippen molar-refractivity contribution in [2.45, 2.75) is 25.9 Å². The highest BCUT2D eigenvalue weighted by Gasteiger charge is 2.16. The Morgan fingerprint density at radius 1 is 1.55 bits per heavy atom. The molecule has 4 nitrogen and oxygen atoms in total. The van der Waals surface area contributed by atoms with E-state index in [9.17, 15) is 9.59 Å². The van der Waals surface area contributed by atoms with Crippen LogP contribution in [0.2, 0.25) is 0 Å². The molecule has 0 aromatic heterocycles. The number of rotatable bonds is 5. The van der Waals surface area contributed by atoms with Gasteiger partial charge in [0.2, 0.25) is 5.78 Å². The number of carbonyl (C=O) groups is 2. The third-order valence-electron chi connectivity index (χ3n) is 1.44. The highest BCUT2D eigenvalue weighted by atomic mass is 16.5. The van der Waals surface area contributed by atoms with Crippen molar-refractivity contribution in [2.75, 3.05) is 7.11 Å². The number of aliphatic carboxylic acids is 1. The van der Waals surface area contributed by atoms with E-state index in [1.54, 1.807) is 0 Å². The molecule has 0 spiro atoms. The van der Waals surface area contributed by atoms with Gasteiger partial charge in [-0.2, -0.15) is 0 Å². The van der Waals surface area contributed by atoms with Gasteiger partial charge in [0, 0.05) is 13.5 Å². The van der Waals surface area contributed by atoms with Gasteiger partial charge in [-0.15, -0.1) is 0 Å². The number of carboxylic acid groups (broad SMARTS) is 1. The van der Waals surface area contributed by atoms with Gasteiger partial charge in [-0.3, -0.25) is 4.79 Å². The minimum Gasteiger partial charge on any atom is -0.475 e. The standard InChI is InChI=1S/C7H12O4/c1-3-5(11-2)4-6(8)7(9)10/h5H,3-4H2,1-2H3,(H,9,10). The van der Waals surface area contributed by atoms with Crippen LogP contribution in [0.1, 0.15) is 19.8 Å². The molecule has 1 atom stereocenters. The second kappa shape index (κ2) is 4.85. The Kier molecular flexibility index (Phi) is 4.45. The molecule has 0 aromatic carbocycles. The van der Waals surface area contributed by atoms with E-state index < -0.39 is 11.8 Å². The maximum atomic E-state index is 10.6. The maximum Gasteiger partial charge on any atom is 0.372 e. The zero-order chi connectivity index (χ0) is 8.85. The summed E-state index contributed by atoms with van der Waals surface area (Å²) in [4.78, 5) is 20.7. The van der Waals surface area contributed by atoms with Crippen LogP contribution >= 0.6 is 0 Å². The Balaban J connectivity index is 3.81. The molecule has 64 valence electrons. The summed E-state index contributed by atoms with van der Waals surface area (Å²) in [6.07, 6.45) is 0.344. The molecule has 11 heavy (non-hydrogen) atoms. The largest absolute Gasteiger partial charge is 0.475 e. The van der Waals surface area contributed by atoms with Gasteiger partial charge < -0.3 is 9.84 Å². The van der Waals surface area contributed by atoms with Gasteiger partial charge in [0.05, 0.1) is 6.10 Å². The summed E-state index contributed by atoms with van der Waals surface area (Å²) in [7, 11) is 1.46. The zero-order valence-electron chi connectivity index (χ0n) is 6.66. The number of hydrogen-bond donors (Lipinski definition) is 1. The molecule has 0 radical (unpaired) electrons. The summed E-state index contributed by atoms with van der Waals surface area (Å²) >= 11 is 0. The smallest absolute Gasteiger partial charge is 0.372 e. The number of ether oxygens (including phenoxy) is 1. The van der Waals surface area contributed by atoms with E-state index in [1.807, 2.05) is 6.92 Å². The second-order valence-electron chi connectivity index (χ2n) is 2.20. The fourth-order valence-electron chi connectivity index (χ4n) is 0.688. The number of hydrogen-bond acceptors (Lipinski definition) is 3. The van der Waals surface area contributed by atoms with Gasteiger partial charge >= 0.3 is 5.97 Å². The quantitative estimate of drug-likeness (QED) is 0.593. The van der Waals surface area contributed by atoms with Crippen LogP contribution < -0.4 is 0 Å². The van der Waals surface area contributed by atoms with Crippen LogP contribution in [0.3, 0.4) is 0 Å². The molecule has 0 amide bonds. The molecule has 0 aromatic rings. The van der Waals surface area contributed by atoms with Crippen LogP contribution in [0.5, 0.6) is 0 Å². The lowest BCUT2D eigenvalue weighted by molar-refractivity contribution is -0.150. The van der Waals surface area contributed by atoms with Crippen molar-refractivity contribution < 1.29 is 19.4 Å². The van der Waals surface area contributed by atoms with E-state index in [1.165, 1.54) is 7.11 Å². The summed E-state index contributed by atoms with van der Waals surface area (Å²) < 4.78 is 4.84. The maximum absolute atomic E-state index is 10.6. The number of methoxy groups -OCH3 is 1. The van der Waals surface area contributed by atoms with E-state index in [4.69, 9.17) is 9.84 Å². The molecule has 0 saturated carbocycles. The highest BCUT2D eigenvalue weighted by Crippen LogP contribution is 2.02. The SMILES string of the molecule is CCC(CC(=O)C(=O)O)OC. The Morgan fingerprint density at radius 3 is 2.36 bits per heavy atom. The molecule has 0 bridgehead atoms. The van der Waals surface area contributed by atoms with Crippen molar-refractivity contribution >= 4 is 11.8 Å². The number of carboxylic acids is 1. The average Bonchev–Trinajstić information content (AvgIpc) is 1.99. The highest BCUT2D eigenvalue weighted by molar-refractivity contribution is 6.32. The summed E-state index contributed by atoms with van der Waals surface area (Å²) in [6, 6.07) is 0. The molecule has 1 N–H and O–H groups in total. The minimum atomic E-state index is -1.39. The fourth-order valence-corrected chi connectivity index (χ4v) is 0.688. The van der Waals surface area contributed by atoms with Gasteiger partial charge in [0.1, 0.15) is 0 Å². The Labute approximate surface area is 65.2 Å². The Morgan fingerprint density at radius 2 is 2.09 bits per heavy atom. The monoisotopic (exact) mass is 160 g/mol. The van der Waals surface area contributed by atoms with Crippen molar-refractivity contribution in [3.63, 3.8) is 0 Å². The van der Waals surface area contributed by atoms with E-state index in [0.717, 1.165) is 0 Å². The van der Waals surface area contributed by atoms with E-state index in [2.05, 4.69) is 0 Å². The zero-order valence-corrected chi connectivity index (χ0v) is 6.66. The molecule has 0 fully saturated rings. The van der Waals surface area contributed by atoms with Crippen LogP contribution in [0.25, 0.3) is 0 Å². The predicted octanol–water partition coefficient (Wildman–Crippen LogP) is 0.455. The summed E-state index contributed by atoms with van der Waals surface area (Å²) in [6.45, 7) is 1.84. The molecule has 4 heteroatoms. The van der Waals surface area contributed by atoms with Crippen molar-refractivity contribution in [1.82, 2.24) is 0 Å². The topological polar surface area (TPSA) is 63.6 Å². The van der Waals surface area contributed by atoms with Crippen molar-refractivity contribution in [3.05, 3.63) is 0 Å². The van der Waals surface area contributed by atoms with Crippen LogP contribution in [0.15, 0.2) is 0 Å². The molecule has 0 aliphatic heterocycles. The third-order valence-corrected chi connectivity index (χ3v) is 1.44. The lowest BCUT2D eigenvalue weighted by Crippen LogP contribution is -2.21. The number of Topliss-reactive ketones (excluding diaryl/α,β-unsaturated/α-hetero) is 1. The first kappa shape index (κ1) is 10.1. The van der Waals surface area contributed by atoms with Gasteiger partial charge in [0.25, 0.3) is 0 Å². The van der Waals surface area contributed by atoms with E-state index >= 15 is 0 Å². The summed E-state index contributed by atoms with van der Waals surface area (Å²) in [5.74, 6) is -2.18. The van der Waals surface area contributed by atoms with Gasteiger partial charge in [0.15, 0.2) is 0 Å². The van der Waals surface area contributed by atoms with Gasteiger partial charge in [-0.1, -0.05) is 6.92 Å². The van der Waals surface area contributed by atoms with Gasteiger partial charge in [-0.05, 0) is 6.42 Å². The van der Waals surface area contributed by atoms with Crippen molar-refractivity contribution in [1.29, 1.82) is 0 Å². The molecule has 0 rings (SSSR count). The van der Waals surface area contributed by atoms with Crippen molar-refractivity contribution in [2.24, 2.45) is 0 Å². The first-order valence-corrected chi connectivity index (χ1v) is 3.40. The van der Waals surface area contributed by atoms with E-state index in [0.29, 0.717) is 6.42 Å². The van der Waals surface area contributed by atoms with E-state index in [-0.39, 0.29) is 12.5 Å². The Bertz CT molecular complexity index is 149. The van der Waals surface area contributed by atoms with Gasteiger partial charge in [-0.25, -0.2) is 4.79 Å². The Hall–Kier alpha value is -0.900. The molecular weight excluding hydrogens is 148 g/mol. The normalized spacial score (nSPS) is 12.5. The van der Waals surface area contributed by atoms with Crippen LogP contribution in [0.4, 0.5) is 0 Å². The molecule has 0 saturated heterocycles. The predicted molar refractivity (Wildman–Crippen MR) is 38.3 cm³/mol. The fraction of sp³-hybridized carbons (Fsp3) is 0.714. The van der Waals surface area contributed by atoms with Crippen LogP contribution in [-0.2, 0) is 14.3 Å². The van der Waals surface area contributed by atoms with Crippen molar-refractivity contribution in [3.8, 4) is 0 Å². The first-order valence-electron chi connectivity index (χ1n) is 3.40. The van der Waals surface area contributed by atoms with Crippen LogP contribution in [0, 0.1) is 0 Å². The summed E-state index contributed by atoms with van der Waals surface area (Å²) in [5.41, 5.74) is 0. The second-order valence-corrected chi connectivity index (χ2v) is 2.20. The molecule has 0 heterocycles. The number of ketones is 1. The molecular formula is C7H12O4. The molecule has 1 unspecified atom stereocenters. The third kappa shape index (κ3) is 3.72. The lowest BCUT2D eigenvalue weighted by atomic mass is 10.1.